The molecule has 1 saturated heterocycles. The molecule has 1 saturated carbocycles. The second-order valence-corrected chi connectivity index (χ2v) is 5.68. The van der Waals surface area contributed by atoms with Crippen LogP contribution in [0.5, 0.6) is 0 Å². The van der Waals surface area contributed by atoms with E-state index in [9.17, 15) is 13.2 Å². The Morgan fingerprint density at radius 2 is 1.79 bits per heavy atom. The lowest BCUT2D eigenvalue weighted by molar-refractivity contribution is -0.138. The minimum absolute atomic E-state index is 0.142. The van der Waals surface area contributed by atoms with Gasteiger partial charge in [-0.05, 0) is 43.2 Å². The van der Waals surface area contributed by atoms with Gasteiger partial charge in [0.05, 0.1) is 5.56 Å². The van der Waals surface area contributed by atoms with Crippen LogP contribution in [-0.4, -0.2) is 6.04 Å². The maximum Gasteiger partial charge on any atom is 0.416 e. The van der Waals surface area contributed by atoms with Gasteiger partial charge in [-0.25, -0.2) is 0 Å². The summed E-state index contributed by atoms with van der Waals surface area (Å²) in [5.41, 5.74) is -0.0655. The quantitative estimate of drug-likeness (QED) is 0.801. The first-order valence-corrected chi connectivity index (χ1v) is 6.98. The maximum absolute atomic E-state index is 13.0. The molecule has 0 aromatic heterocycles. The average Bonchev–Trinajstić information content (AvgIpc) is 2.85. The Hall–Kier alpha value is -1.03. The molecule has 1 aliphatic heterocycles. The zero-order chi connectivity index (χ0) is 13.5. The van der Waals surface area contributed by atoms with E-state index in [4.69, 9.17) is 0 Å². The van der Waals surface area contributed by atoms with Crippen molar-refractivity contribution in [3.63, 3.8) is 0 Å². The van der Waals surface area contributed by atoms with E-state index in [1.54, 1.807) is 12.1 Å². The molecule has 1 aromatic rings. The number of fused-ring (bicyclic) bond motifs is 1. The van der Waals surface area contributed by atoms with Crippen molar-refractivity contribution in [1.82, 2.24) is 5.32 Å². The van der Waals surface area contributed by atoms with E-state index in [2.05, 4.69) is 5.32 Å². The van der Waals surface area contributed by atoms with Crippen LogP contribution in [0.2, 0.25) is 0 Å². The van der Waals surface area contributed by atoms with Gasteiger partial charge in [0.2, 0.25) is 0 Å². The SMILES string of the molecule is FC(F)(F)c1ccccc1C1CCC2CCCC2N1. The Morgan fingerprint density at radius 1 is 1.00 bits per heavy atom. The monoisotopic (exact) mass is 269 g/mol. The van der Waals surface area contributed by atoms with Crippen LogP contribution in [0.15, 0.2) is 24.3 Å². The molecule has 4 heteroatoms. The van der Waals surface area contributed by atoms with Crippen LogP contribution < -0.4 is 5.32 Å². The topological polar surface area (TPSA) is 12.0 Å². The molecule has 1 heterocycles. The summed E-state index contributed by atoms with van der Waals surface area (Å²) in [4.78, 5) is 0. The number of hydrogen-bond acceptors (Lipinski definition) is 1. The van der Waals surface area contributed by atoms with Gasteiger partial charge in [-0.3, -0.25) is 0 Å². The van der Waals surface area contributed by atoms with Crippen molar-refractivity contribution in [2.24, 2.45) is 5.92 Å². The van der Waals surface area contributed by atoms with Crippen molar-refractivity contribution < 1.29 is 13.2 Å². The van der Waals surface area contributed by atoms with Crippen LogP contribution >= 0.6 is 0 Å². The fraction of sp³-hybridized carbons (Fsp3) is 0.600. The van der Waals surface area contributed by atoms with E-state index >= 15 is 0 Å². The van der Waals surface area contributed by atoms with Crippen LogP contribution in [0.1, 0.15) is 49.3 Å². The van der Waals surface area contributed by atoms with Crippen molar-refractivity contribution in [3.05, 3.63) is 35.4 Å². The number of rotatable bonds is 1. The molecule has 2 aliphatic rings. The third-order valence-electron chi connectivity index (χ3n) is 4.54. The largest absolute Gasteiger partial charge is 0.416 e. The van der Waals surface area contributed by atoms with Crippen LogP contribution in [-0.2, 0) is 6.18 Å². The van der Waals surface area contributed by atoms with Crippen LogP contribution in [0.4, 0.5) is 13.2 Å². The first kappa shape index (κ1) is 13.0. The number of piperidine rings is 1. The minimum atomic E-state index is -4.26. The molecule has 1 nitrogen and oxygen atoms in total. The highest BCUT2D eigenvalue weighted by Gasteiger charge is 2.38. The summed E-state index contributed by atoms with van der Waals surface area (Å²) in [5.74, 6) is 0.675. The molecule has 3 rings (SSSR count). The summed E-state index contributed by atoms with van der Waals surface area (Å²) in [7, 11) is 0. The molecule has 1 N–H and O–H groups in total. The molecule has 3 atom stereocenters. The second-order valence-electron chi connectivity index (χ2n) is 5.68. The normalized spacial score (nSPS) is 31.2. The van der Waals surface area contributed by atoms with Gasteiger partial charge in [-0.1, -0.05) is 24.6 Å². The number of benzene rings is 1. The molecule has 1 aromatic carbocycles. The summed E-state index contributed by atoms with van der Waals surface area (Å²) in [6.45, 7) is 0. The van der Waals surface area contributed by atoms with Crippen molar-refractivity contribution in [3.8, 4) is 0 Å². The van der Waals surface area contributed by atoms with E-state index in [1.165, 1.54) is 25.0 Å². The molecule has 19 heavy (non-hydrogen) atoms. The number of halogens is 3. The molecule has 0 radical (unpaired) electrons. The highest BCUT2D eigenvalue weighted by Crippen LogP contribution is 2.41. The van der Waals surface area contributed by atoms with E-state index in [0.717, 1.165) is 19.3 Å². The summed E-state index contributed by atoms with van der Waals surface area (Å²) >= 11 is 0. The molecule has 3 unspecified atom stereocenters. The molecule has 1 aliphatic carbocycles. The van der Waals surface area contributed by atoms with Crippen LogP contribution in [0.25, 0.3) is 0 Å². The molecular weight excluding hydrogens is 251 g/mol. The molecule has 0 bridgehead atoms. The zero-order valence-corrected chi connectivity index (χ0v) is 10.7. The van der Waals surface area contributed by atoms with Crippen LogP contribution in [0, 0.1) is 5.92 Å². The van der Waals surface area contributed by atoms with Gasteiger partial charge in [-0.2, -0.15) is 13.2 Å². The predicted molar refractivity (Wildman–Crippen MR) is 67.7 cm³/mol. The minimum Gasteiger partial charge on any atom is -0.307 e. The standard InChI is InChI=1S/C15H18F3N/c16-15(17,18)12-6-2-1-5-11(12)14-9-8-10-4-3-7-13(10)19-14/h1-2,5-6,10,13-14,19H,3-4,7-9H2. The fourth-order valence-electron chi connectivity index (χ4n) is 3.63. The summed E-state index contributed by atoms with van der Waals surface area (Å²) in [6, 6.07) is 6.26. The van der Waals surface area contributed by atoms with Crippen molar-refractivity contribution in [1.29, 1.82) is 0 Å². The highest BCUT2D eigenvalue weighted by molar-refractivity contribution is 5.33. The first-order valence-electron chi connectivity index (χ1n) is 6.98. The van der Waals surface area contributed by atoms with Crippen molar-refractivity contribution in [2.45, 2.75) is 50.4 Å². The van der Waals surface area contributed by atoms with Gasteiger partial charge >= 0.3 is 6.18 Å². The molecular formula is C15H18F3N. The van der Waals surface area contributed by atoms with Crippen molar-refractivity contribution >= 4 is 0 Å². The Bertz CT molecular complexity index is 455. The lowest BCUT2D eigenvalue weighted by atomic mass is 9.85. The maximum atomic E-state index is 13.0. The Morgan fingerprint density at radius 3 is 2.58 bits per heavy atom. The third kappa shape index (κ3) is 2.50. The van der Waals surface area contributed by atoms with E-state index < -0.39 is 11.7 Å². The second kappa shape index (κ2) is 4.82. The Labute approximate surface area is 111 Å². The summed E-state index contributed by atoms with van der Waals surface area (Å²) < 4.78 is 39.1. The molecule has 0 amide bonds. The third-order valence-corrected chi connectivity index (χ3v) is 4.54. The fourth-order valence-corrected chi connectivity index (χ4v) is 3.63. The lowest BCUT2D eigenvalue weighted by Gasteiger charge is -2.35. The summed E-state index contributed by atoms with van der Waals surface area (Å²) in [5, 5.41) is 3.44. The van der Waals surface area contributed by atoms with Gasteiger partial charge in [0.25, 0.3) is 0 Å². The van der Waals surface area contributed by atoms with Gasteiger partial charge in [0, 0.05) is 12.1 Å². The first-order chi connectivity index (χ1) is 9.05. The zero-order valence-electron chi connectivity index (χ0n) is 10.7. The highest BCUT2D eigenvalue weighted by atomic mass is 19.4. The number of nitrogens with one attached hydrogen (secondary N) is 1. The van der Waals surface area contributed by atoms with E-state index in [-0.39, 0.29) is 6.04 Å². The molecule has 2 fully saturated rings. The number of hydrogen-bond donors (Lipinski definition) is 1. The molecule has 104 valence electrons. The summed E-state index contributed by atoms with van der Waals surface area (Å²) in [6.07, 6.45) is 1.14. The predicted octanol–water partition coefficient (Wildman–Crippen LogP) is 4.30. The van der Waals surface area contributed by atoms with Gasteiger partial charge < -0.3 is 5.32 Å². The van der Waals surface area contributed by atoms with Gasteiger partial charge in [-0.15, -0.1) is 0 Å². The van der Waals surface area contributed by atoms with E-state index in [0.29, 0.717) is 17.5 Å². The van der Waals surface area contributed by atoms with Gasteiger partial charge in [0.15, 0.2) is 0 Å². The lowest BCUT2D eigenvalue weighted by Crippen LogP contribution is -2.40. The Balaban J connectivity index is 1.86. The van der Waals surface area contributed by atoms with Crippen LogP contribution in [0.3, 0.4) is 0 Å². The van der Waals surface area contributed by atoms with E-state index in [1.807, 2.05) is 0 Å². The smallest absolute Gasteiger partial charge is 0.307 e. The average molecular weight is 269 g/mol. The molecule has 0 spiro atoms. The number of alkyl halides is 3. The van der Waals surface area contributed by atoms with Gasteiger partial charge in [0.1, 0.15) is 0 Å². The van der Waals surface area contributed by atoms with Crippen molar-refractivity contribution in [2.75, 3.05) is 0 Å². The Kier molecular flexibility index (Phi) is 3.29.